The quantitative estimate of drug-likeness (QED) is 0.131. The third-order valence-electron chi connectivity index (χ3n) is 8.40. The first-order valence-corrected chi connectivity index (χ1v) is 24.1. The van der Waals surface area contributed by atoms with Gasteiger partial charge in [0.2, 0.25) is 5.71 Å². The van der Waals surface area contributed by atoms with Crippen molar-refractivity contribution in [1.29, 1.82) is 0 Å². The molecule has 0 N–H and O–H groups in total. The van der Waals surface area contributed by atoms with Crippen molar-refractivity contribution in [2.75, 3.05) is 0 Å². The minimum Gasteiger partial charge on any atom is -0.486 e. The molecule has 7 aromatic rings. The first-order chi connectivity index (χ1) is 22.6. The summed E-state index contributed by atoms with van der Waals surface area (Å²) in [6.45, 7) is 15.5. The number of nitrogens with zero attached hydrogens (tertiary/aromatic N) is 4. The van der Waals surface area contributed by atoms with Crippen LogP contribution in [0.3, 0.4) is 0 Å². The van der Waals surface area contributed by atoms with E-state index in [4.69, 9.17) is 14.4 Å². The van der Waals surface area contributed by atoms with Crippen molar-refractivity contribution in [3.05, 3.63) is 108 Å². The van der Waals surface area contributed by atoms with E-state index in [-0.39, 0.29) is 25.6 Å². The molecular formula is C42H46GeIrN4O-2. The molecule has 7 rings (SSSR count). The van der Waals surface area contributed by atoms with Crippen LogP contribution in [0.1, 0.15) is 52.8 Å². The number of hydrogen-bond donors (Lipinski definition) is 0. The van der Waals surface area contributed by atoms with Gasteiger partial charge in [-0.1, -0.05) is 23.1 Å². The molecule has 49 heavy (non-hydrogen) atoms. The Morgan fingerprint density at radius 1 is 0.816 bits per heavy atom. The van der Waals surface area contributed by atoms with Gasteiger partial charge in [-0.3, -0.25) is 4.98 Å². The summed E-state index contributed by atoms with van der Waals surface area (Å²) in [6, 6.07) is 33.3. The second-order valence-electron chi connectivity index (χ2n) is 15.9. The van der Waals surface area contributed by atoms with E-state index in [0.717, 1.165) is 62.1 Å². The first-order valence-electron chi connectivity index (χ1n) is 16.8. The van der Waals surface area contributed by atoms with Gasteiger partial charge < -0.3 is 8.98 Å². The van der Waals surface area contributed by atoms with Gasteiger partial charge >= 0.3 is 132 Å². The van der Waals surface area contributed by atoms with Gasteiger partial charge in [0.15, 0.2) is 0 Å². The summed E-state index contributed by atoms with van der Waals surface area (Å²) in [5.74, 6) is 8.19. The summed E-state index contributed by atoms with van der Waals surface area (Å²) < 4.78 is 9.98. The molecule has 7 heteroatoms. The Bertz CT molecular complexity index is 2230. The van der Waals surface area contributed by atoms with Crippen molar-refractivity contribution in [1.82, 2.24) is 19.5 Å². The Hall–Kier alpha value is -3.58. The van der Waals surface area contributed by atoms with Gasteiger partial charge in [0, 0.05) is 36.7 Å². The molecule has 3 aromatic carbocycles. The number of pyridine rings is 2. The number of furan rings is 1. The molecule has 0 fully saturated rings. The molecule has 4 aromatic heterocycles. The van der Waals surface area contributed by atoms with Gasteiger partial charge in [0.05, 0.1) is 22.4 Å². The zero-order valence-electron chi connectivity index (χ0n) is 30.3. The van der Waals surface area contributed by atoms with Crippen LogP contribution in [0, 0.1) is 24.5 Å². The molecule has 5 nitrogen and oxygen atoms in total. The number of aromatic nitrogens is 4. The number of aryl methyl sites for hydroxylation is 1. The smallest absolute Gasteiger partial charge is 0.216 e. The number of rotatable bonds is 4. The van der Waals surface area contributed by atoms with E-state index >= 15 is 0 Å². The molecule has 0 aliphatic heterocycles. The third kappa shape index (κ3) is 7.93. The van der Waals surface area contributed by atoms with Gasteiger partial charge in [0.25, 0.3) is 0 Å². The van der Waals surface area contributed by atoms with Crippen molar-refractivity contribution in [2.24, 2.45) is 5.41 Å². The van der Waals surface area contributed by atoms with Gasteiger partial charge in [-0.2, -0.15) is 0 Å². The van der Waals surface area contributed by atoms with E-state index in [1.54, 1.807) is 0 Å². The topological polar surface area (TPSA) is 56.7 Å². The maximum absolute atomic E-state index is 6.19. The largest absolute Gasteiger partial charge is 0.486 e. The van der Waals surface area contributed by atoms with Crippen LogP contribution in [0.5, 0.6) is 0 Å². The summed E-state index contributed by atoms with van der Waals surface area (Å²) in [5.41, 5.74) is 9.10. The van der Waals surface area contributed by atoms with E-state index in [1.807, 2.05) is 61.5 Å². The minimum atomic E-state index is -1.90. The number of fused-ring (bicyclic) bond motifs is 4. The van der Waals surface area contributed by atoms with E-state index in [9.17, 15) is 0 Å². The van der Waals surface area contributed by atoms with Crippen LogP contribution in [0.25, 0.3) is 55.7 Å². The zero-order valence-corrected chi connectivity index (χ0v) is 34.8. The van der Waals surface area contributed by atoms with Crippen molar-refractivity contribution < 1.29 is 24.5 Å². The van der Waals surface area contributed by atoms with Gasteiger partial charge in [-0.15, -0.1) is 18.2 Å². The molecule has 4 heterocycles. The predicted octanol–water partition coefficient (Wildman–Crippen LogP) is 10.5. The molecular weight excluding hydrogens is 841 g/mol. The van der Waals surface area contributed by atoms with Gasteiger partial charge in [0.1, 0.15) is 0 Å². The second kappa shape index (κ2) is 14.0. The Kier molecular flexibility index (Phi) is 10.5. The van der Waals surface area contributed by atoms with Crippen molar-refractivity contribution in [2.45, 2.75) is 77.7 Å². The Morgan fingerprint density at radius 3 is 2.22 bits per heavy atom. The van der Waals surface area contributed by atoms with Crippen molar-refractivity contribution in [3.63, 3.8) is 0 Å². The van der Waals surface area contributed by atoms with Crippen LogP contribution in [0.4, 0.5) is 0 Å². The molecule has 0 aliphatic rings. The average Bonchev–Trinajstić information content (AvgIpc) is 3.59. The van der Waals surface area contributed by atoms with Crippen LogP contribution in [-0.4, -0.2) is 32.8 Å². The number of para-hydroxylation sites is 2. The summed E-state index contributed by atoms with van der Waals surface area (Å²) in [4.78, 5) is 14.2. The van der Waals surface area contributed by atoms with Crippen LogP contribution in [0.15, 0.2) is 89.5 Å². The zero-order chi connectivity index (χ0) is 34.4. The molecule has 1 radical (unpaired) electrons. The Labute approximate surface area is 307 Å². The average molecular weight is 888 g/mol. The summed E-state index contributed by atoms with van der Waals surface area (Å²) in [6.07, 6.45) is 3.24. The molecule has 0 bridgehead atoms. The van der Waals surface area contributed by atoms with Crippen molar-refractivity contribution >= 4 is 50.8 Å². The second-order valence-corrected chi connectivity index (χ2v) is 26.5. The predicted molar refractivity (Wildman–Crippen MR) is 203 cm³/mol. The number of hydrogen-bond acceptors (Lipinski definition) is 4. The molecule has 0 unspecified atom stereocenters. The molecule has 0 aliphatic carbocycles. The van der Waals surface area contributed by atoms with E-state index in [1.165, 1.54) is 9.96 Å². The Morgan fingerprint density at radius 2 is 1.55 bits per heavy atom. The van der Waals surface area contributed by atoms with E-state index in [0.29, 0.717) is 11.1 Å². The Balaban J connectivity index is 0.000000194. The maximum atomic E-state index is 6.19. The fourth-order valence-corrected chi connectivity index (χ4v) is 9.65. The standard InChI is InChI=1S/C23H20N3O.C19H26GeN.Ir/c1-14-12-13-16-15-8-7-9-17(20(15)27-22(16)24-14)21-25-18-10-5-6-11-19(18)26(21)23(2,3)4;1-19(2,3)13-16-12-18(15-10-8-7-9-11-15)21-14-17(16)20(4,5)6;/h5-8,10-13H,1-4H3;7-10,12,14H,13H2,1-6H3;/q2*-1;. The van der Waals surface area contributed by atoms with E-state index in [2.05, 4.69) is 111 Å². The fourth-order valence-electron chi connectivity index (χ4n) is 6.34. The van der Waals surface area contributed by atoms with Crippen LogP contribution in [0.2, 0.25) is 17.3 Å². The molecule has 0 saturated heterocycles. The molecule has 0 atom stereocenters. The van der Waals surface area contributed by atoms with Gasteiger partial charge in [-0.25, -0.2) is 4.98 Å². The minimum absolute atomic E-state index is 0. The monoisotopic (exact) mass is 889 g/mol. The number of imidazole rings is 1. The first kappa shape index (κ1) is 36.7. The molecule has 0 saturated carbocycles. The SMILES string of the molecule is CC(C)(C)Cc1cc(-c2[c-]cccc2)nc[c]1[Ge]([CH3])([CH3])[CH3].Cc1ccc2c(n1)oc1c(-c3nc4ccccc4n3C(C)(C)C)[c-]ccc12.[Ir]. The molecule has 255 valence electrons. The van der Waals surface area contributed by atoms with Crippen LogP contribution >= 0.6 is 0 Å². The molecule has 0 amide bonds. The number of benzene rings is 3. The normalized spacial score (nSPS) is 12.2. The van der Waals surface area contributed by atoms with Gasteiger partial charge in [-0.05, 0) is 52.0 Å². The summed E-state index contributed by atoms with van der Waals surface area (Å²) in [5, 5.41) is 2.06. The fraction of sp³-hybridized carbons (Fsp3) is 0.310. The summed E-state index contributed by atoms with van der Waals surface area (Å²) >= 11 is -1.90. The third-order valence-corrected chi connectivity index (χ3v) is 12.7. The maximum Gasteiger partial charge on any atom is 0.216 e. The summed E-state index contributed by atoms with van der Waals surface area (Å²) in [7, 11) is 0. The van der Waals surface area contributed by atoms with Crippen LogP contribution < -0.4 is 4.40 Å². The molecule has 0 spiro atoms. The van der Waals surface area contributed by atoms with E-state index < -0.39 is 13.3 Å². The van der Waals surface area contributed by atoms with Crippen molar-refractivity contribution in [3.8, 4) is 22.6 Å². The van der Waals surface area contributed by atoms with Crippen LogP contribution in [-0.2, 0) is 32.1 Å².